The SMILES string of the molecule is N#Cc1ccc(NCCc2ccco2)c2ccccc12. The van der Waals surface area contributed by atoms with Crippen LogP contribution in [0, 0.1) is 11.3 Å². The Morgan fingerprint density at radius 1 is 1.00 bits per heavy atom. The molecule has 20 heavy (non-hydrogen) atoms. The second-order valence-corrected chi connectivity index (χ2v) is 4.57. The molecule has 0 radical (unpaired) electrons. The van der Waals surface area contributed by atoms with E-state index < -0.39 is 0 Å². The fourth-order valence-electron chi connectivity index (χ4n) is 2.33. The fourth-order valence-corrected chi connectivity index (χ4v) is 2.33. The minimum Gasteiger partial charge on any atom is -0.469 e. The van der Waals surface area contributed by atoms with Crippen molar-refractivity contribution in [2.24, 2.45) is 0 Å². The summed E-state index contributed by atoms with van der Waals surface area (Å²) in [6.07, 6.45) is 2.52. The Morgan fingerprint density at radius 2 is 1.85 bits per heavy atom. The van der Waals surface area contributed by atoms with Gasteiger partial charge in [0.2, 0.25) is 0 Å². The highest BCUT2D eigenvalue weighted by atomic mass is 16.3. The molecule has 98 valence electrons. The molecule has 1 heterocycles. The van der Waals surface area contributed by atoms with Gasteiger partial charge in [-0.25, -0.2) is 0 Å². The zero-order chi connectivity index (χ0) is 13.8. The molecule has 0 aliphatic carbocycles. The Bertz CT molecular complexity index is 754. The van der Waals surface area contributed by atoms with E-state index in [1.807, 2.05) is 48.5 Å². The maximum Gasteiger partial charge on any atom is 0.105 e. The second-order valence-electron chi connectivity index (χ2n) is 4.57. The first-order valence-corrected chi connectivity index (χ1v) is 6.56. The lowest BCUT2D eigenvalue weighted by Gasteiger charge is -2.10. The molecule has 0 unspecified atom stereocenters. The number of hydrogen-bond acceptors (Lipinski definition) is 3. The molecule has 3 aromatic rings. The zero-order valence-electron chi connectivity index (χ0n) is 11.0. The summed E-state index contributed by atoms with van der Waals surface area (Å²) >= 11 is 0. The number of nitrogens with zero attached hydrogens (tertiary/aromatic N) is 1. The van der Waals surface area contributed by atoms with Crippen LogP contribution in [0.1, 0.15) is 11.3 Å². The van der Waals surface area contributed by atoms with Gasteiger partial charge in [-0.05, 0) is 24.3 Å². The zero-order valence-corrected chi connectivity index (χ0v) is 11.0. The number of rotatable bonds is 4. The third-order valence-electron chi connectivity index (χ3n) is 3.31. The highest BCUT2D eigenvalue weighted by Gasteiger charge is 2.05. The smallest absolute Gasteiger partial charge is 0.105 e. The maximum atomic E-state index is 9.14. The van der Waals surface area contributed by atoms with E-state index in [4.69, 9.17) is 9.68 Å². The number of nitrogens with one attached hydrogen (secondary N) is 1. The molecular formula is C17H14N2O. The van der Waals surface area contributed by atoms with Crippen molar-refractivity contribution in [2.75, 3.05) is 11.9 Å². The normalized spacial score (nSPS) is 10.3. The molecule has 3 nitrogen and oxygen atoms in total. The van der Waals surface area contributed by atoms with Gasteiger partial charge in [-0.2, -0.15) is 5.26 Å². The minimum absolute atomic E-state index is 0.706. The van der Waals surface area contributed by atoms with Crippen LogP contribution in [0.4, 0.5) is 5.69 Å². The van der Waals surface area contributed by atoms with Crippen LogP contribution in [0.15, 0.2) is 59.2 Å². The van der Waals surface area contributed by atoms with Gasteiger partial charge in [0.1, 0.15) is 5.76 Å². The molecule has 1 aromatic heterocycles. The van der Waals surface area contributed by atoms with Gasteiger partial charge >= 0.3 is 0 Å². The molecule has 3 rings (SSSR count). The van der Waals surface area contributed by atoms with E-state index in [0.717, 1.165) is 35.2 Å². The summed E-state index contributed by atoms with van der Waals surface area (Å²) in [5.41, 5.74) is 1.75. The topological polar surface area (TPSA) is 49.0 Å². The van der Waals surface area contributed by atoms with Crippen molar-refractivity contribution >= 4 is 16.5 Å². The first kappa shape index (κ1) is 12.3. The highest BCUT2D eigenvalue weighted by molar-refractivity contribution is 5.97. The van der Waals surface area contributed by atoms with E-state index in [1.165, 1.54) is 0 Å². The van der Waals surface area contributed by atoms with Gasteiger partial charge in [-0.15, -0.1) is 0 Å². The van der Waals surface area contributed by atoms with Gasteiger partial charge in [-0.3, -0.25) is 0 Å². The summed E-state index contributed by atoms with van der Waals surface area (Å²) in [6.45, 7) is 0.795. The quantitative estimate of drug-likeness (QED) is 0.774. The van der Waals surface area contributed by atoms with Gasteiger partial charge < -0.3 is 9.73 Å². The summed E-state index contributed by atoms with van der Waals surface area (Å²) in [4.78, 5) is 0. The van der Waals surface area contributed by atoms with E-state index in [1.54, 1.807) is 6.26 Å². The average molecular weight is 262 g/mol. The van der Waals surface area contributed by atoms with E-state index in [2.05, 4.69) is 11.4 Å². The van der Waals surface area contributed by atoms with Gasteiger partial charge in [0.05, 0.1) is 17.9 Å². The summed E-state index contributed by atoms with van der Waals surface area (Å²) in [5, 5.41) is 14.6. The van der Waals surface area contributed by atoms with Crippen LogP contribution in [-0.4, -0.2) is 6.54 Å². The van der Waals surface area contributed by atoms with Crippen molar-refractivity contribution in [2.45, 2.75) is 6.42 Å². The first-order valence-electron chi connectivity index (χ1n) is 6.56. The van der Waals surface area contributed by atoms with Crippen LogP contribution in [0.5, 0.6) is 0 Å². The summed E-state index contributed by atoms with van der Waals surface area (Å²) < 4.78 is 5.31. The average Bonchev–Trinajstić information content (AvgIpc) is 3.01. The first-order chi connectivity index (χ1) is 9.88. The number of nitriles is 1. The molecule has 1 N–H and O–H groups in total. The second kappa shape index (κ2) is 5.50. The molecule has 0 amide bonds. The molecule has 0 saturated heterocycles. The molecule has 3 heteroatoms. The molecule has 0 fully saturated rings. The summed E-state index contributed by atoms with van der Waals surface area (Å²) in [5.74, 6) is 0.968. The lowest BCUT2D eigenvalue weighted by atomic mass is 10.0. The van der Waals surface area contributed by atoms with Crippen LogP contribution in [0.3, 0.4) is 0 Å². The van der Waals surface area contributed by atoms with Crippen molar-refractivity contribution in [1.82, 2.24) is 0 Å². The van der Waals surface area contributed by atoms with Gasteiger partial charge in [0.25, 0.3) is 0 Å². The van der Waals surface area contributed by atoms with Gasteiger partial charge in [0.15, 0.2) is 0 Å². The molecule has 0 saturated carbocycles. The minimum atomic E-state index is 0.706. The summed E-state index contributed by atoms with van der Waals surface area (Å²) in [6, 6.07) is 17.9. The van der Waals surface area contributed by atoms with E-state index in [-0.39, 0.29) is 0 Å². The van der Waals surface area contributed by atoms with E-state index >= 15 is 0 Å². The van der Waals surface area contributed by atoms with Crippen molar-refractivity contribution < 1.29 is 4.42 Å². The third kappa shape index (κ3) is 2.36. The number of hydrogen-bond donors (Lipinski definition) is 1. The Balaban J connectivity index is 1.83. The Labute approximate surface area is 117 Å². The predicted octanol–water partition coefficient (Wildman–Crippen LogP) is 3.96. The monoisotopic (exact) mass is 262 g/mol. The van der Waals surface area contributed by atoms with Crippen molar-refractivity contribution in [3.63, 3.8) is 0 Å². The van der Waals surface area contributed by atoms with E-state index in [0.29, 0.717) is 5.56 Å². The largest absolute Gasteiger partial charge is 0.469 e. The highest BCUT2D eigenvalue weighted by Crippen LogP contribution is 2.26. The molecule has 0 aliphatic rings. The van der Waals surface area contributed by atoms with Gasteiger partial charge in [0, 0.05) is 29.4 Å². The third-order valence-corrected chi connectivity index (χ3v) is 3.31. The molecule has 0 atom stereocenters. The number of benzene rings is 2. The molecule has 0 bridgehead atoms. The fraction of sp³-hybridized carbons (Fsp3) is 0.118. The van der Waals surface area contributed by atoms with Crippen LogP contribution in [-0.2, 0) is 6.42 Å². The predicted molar refractivity (Wildman–Crippen MR) is 79.6 cm³/mol. The molecular weight excluding hydrogens is 248 g/mol. The van der Waals surface area contributed by atoms with Gasteiger partial charge in [-0.1, -0.05) is 24.3 Å². The lowest BCUT2D eigenvalue weighted by molar-refractivity contribution is 0.513. The number of furan rings is 1. The molecule has 2 aromatic carbocycles. The molecule has 0 aliphatic heterocycles. The molecule has 0 spiro atoms. The van der Waals surface area contributed by atoms with E-state index in [9.17, 15) is 0 Å². The van der Waals surface area contributed by atoms with Crippen molar-refractivity contribution in [3.05, 3.63) is 66.1 Å². The Kier molecular flexibility index (Phi) is 3.38. The Morgan fingerprint density at radius 3 is 2.60 bits per heavy atom. The van der Waals surface area contributed by atoms with Crippen LogP contribution in [0.25, 0.3) is 10.8 Å². The maximum absolute atomic E-state index is 9.14. The number of fused-ring (bicyclic) bond motifs is 1. The van der Waals surface area contributed by atoms with Crippen LogP contribution < -0.4 is 5.32 Å². The summed E-state index contributed by atoms with van der Waals surface area (Å²) in [7, 11) is 0. The van der Waals surface area contributed by atoms with Crippen LogP contribution >= 0.6 is 0 Å². The number of anilines is 1. The standard InChI is InChI=1S/C17H14N2O/c18-12-13-7-8-17(16-6-2-1-5-15(13)16)19-10-9-14-4-3-11-20-14/h1-8,11,19H,9-10H2. The van der Waals surface area contributed by atoms with Crippen molar-refractivity contribution in [3.8, 4) is 6.07 Å². The van der Waals surface area contributed by atoms with Crippen molar-refractivity contribution in [1.29, 1.82) is 5.26 Å². The Hall–Kier alpha value is -2.73. The lowest BCUT2D eigenvalue weighted by Crippen LogP contribution is -2.04. The van der Waals surface area contributed by atoms with Crippen LogP contribution in [0.2, 0.25) is 0 Å².